The number of H-pyrrole nitrogens is 1. The summed E-state index contributed by atoms with van der Waals surface area (Å²) in [5.41, 5.74) is 1.38. The first-order valence-electron chi connectivity index (χ1n) is 9.57. The number of fused-ring (bicyclic) bond motifs is 2. The average molecular weight is 455 g/mol. The summed E-state index contributed by atoms with van der Waals surface area (Å²) in [6.45, 7) is 0. The van der Waals surface area contributed by atoms with E-state index < -0.39 is 17.1 Å². The van der Waals surface area contributed by atoms with Gasteiger partial charge in [-0.2, -0.15) is 0 Å². The summed E-state index contributed by atoms with van der Waals surface area (Å²) < 4.78 is 10.4. The first-order valence-corrected chi connectivity index (χ1v) is 11.3. The molecule has 1 saturated heterocycles. The standard InChI is InChI=1S/C22H18N2O5S2/c1-28-13-7-3-11(4-8-13)15-16-18(30-19-17(15)31-22(27)23-19)21(26)24(20(16)25)12-5-9-14(29-2)10-6-12/h3-10,15-16,18H,1-2H3,(H,23,27)/t15-,16-,18+/m0/s1. The van der Waals surface area contributed by atoms with Crippen molar-refractivity contribution < 1.29 is 19.1 Å². The molecule has 2 aromatic carbocycles. The van der Waals surface area contributed by atoms with Crippen LogP contribution in [0.15, 0.2) is 58.4 Å². The maximum Gasteiger partial charge on any atom is 0.305 e. The van der Waals surface area contributed by atoms with Crippen LogP contribution in [0.25, 0.3) is 0 Å². The topological polar surface area (TPSA) is 88.7 Å². The number of ether oxygens (including phenoxy) is 2. The first kappa shape index (κ1) is 19.9. The van der Waals surface area contributed by atoms with Gasteiger partial charge in [-0.1, -0.05) is 35.2 Å². The van der Waals surface area contributed by atoms with Gasteiger partial charge < -0.3 is 14.5 Å². The third-order valence-corrected chi connectivity index (χ3v) is 8.03. The van der Waals surface area contributed by atoms with Crippen molar-refractivity contribution in [1.29, 1.82) is 0 Å². The van der Waals surface area contributed by atoms with Crippen LogP contribution in [-0.2, 0) is 9.59 Å². The lowest BCUT2D eigenvalue weighted by atomic mass is 9.83. The van der Waals surface area contributed by atoms with Crippen molar-refractivity contribution in [1.82, 2.24) is 4.98 Å². The van der Waals surface area contributed by atoms with E-state index in [1.807, 2.05) is 24.3 Å². The molecule has 158 valence electrons. The van der Waals surface area contributed by atoms with Crippen molar-refractivity contribution in [3.05, 3.63) is 68.6 Å². The molecule has 3 heterocycles. The van der Waals surface area contributed by atoms with Crippen molar-refractivity contribution in [2.45, 2.75) is 16.2 Å². The van der Waals surface area contributed by atoms with Gasteiger partial charge in [0.05, 0.1) is 30.9 Å². The Kier molecular flexibility index (Phi) is 4.86. The van der Waals surface area contributed by atoms with Crippen LogP contribution < -0.4 is 19.2 Å². The Balaban J connectivity index is 1.60. The van der Waals surface area contributed by atoms with Crippen LogP contribution in [0.2, 0.25) is 0 Å². The molecule has 0 saturated carbocycles. The molecule has 5 rings (SSSR count). The van der Waals surface area contributed by atoms with Crippen molar-refractivity contribution in [2.75, 3.05) is 19.1 Å². The Labute approximate surface area is 186 Å². The number of nitrogens with one attached hydrogen (secondary N) is 1. The number of carbonyl (C=O) groups is 2. The van der Waals surface area contributed by atoms with E-state index in [9.17, 15) is 14.4 Å². The Morgan fingerprint density at radius 1 is 0.871 bits per heavy atom. The van der Waals surface area contributed by atoms with E-state index in [1.165, 1.54) is 16.7 Å². The Hall–Kier alpha value is -3.04. The van der Waals surface area contributed by atoms with E-state index in [0.29, 0.717) is 22.2 Å². The molecule has 1 fully saturated rings. The van der Waals surface area contributed by atoms with E-state index in [4.69, 9.17) is 9.47 Å². The fourth-order valence-corrected chi connectivity index (χ4v) is 6.69. The summed E-state index contributed by atoms with van der Waals surface area (Å²) in [7, 11) is 3.15. The van der Waals surface area contributed by atoms with Gasteiger partial charge in [-0.05, 0) is 42.0 Å². The molecule has 1 aromatic heterocycles. The van der Waals surface area contributed by atoms with E-state index in [-0.39, 0.29) is 16.7 Å². The highest BCUT2D eigenvalue weighted by Crippen LogP contribution is 2.53. The SMILES string of the molecule is COc1ccc([C@@H]2c3sc(=O)[nH]c3S[C@H]3C(=O)N(c4ccc(OC)cc4)C(=O)[C@@H]23)cc1. The van der Waals surface area contributed by atoms with Crippen molar-refractivity contribution in [3.63, 3.8) is 0 Å². The molecular weight excluding hydrogens is 436 g/mol. The quantitative estimate of drug-likeness (QED) is 0.609. The second-order valence-corrected chi connectivity index (χ2v) is 9.40. The Bertz CT molecular complexity index is 1220. The van der Waals surface area contributed by atoms with Gasteiger partial charge in [0, 0.05) is 10.8 Å². The minimum Gasteiger partial charge on any atom is -0.497 e. The average Bonchev–Trinajstić information content (AvgIpc) is 3.28. The van der Waals surface area contributed by atoms with E-state index >= 15 is 0 Å². The van der Waals surface area contributed by atoms with Gasteiger partial charge in [0.15, 0.2) is 0 Å². The number of anilines is 1. The number of amides is 2. The van der Waals surface area contributed by atoms with Crippen LogP contribution in [0.3, 0.4) is 0 Å². The third kappa shape index (κ3) is 3.16. The number of benzene rings is 2. The molecule has 0 radical (unpaired) electrons. The molecule has 3 atom stereocenters. The van der Waals surface area contributed by atoms with Crippen LogP contribution in [0.4, 0.5) is 5.69 Å². The maximum atomic E-state index is 13.6. The van der Waals surface area contributed by atoms with Gasteiger partial charge in [-0.3, -0.25) is 14.4 Å². The summed E-state index contributed by atoms with van der Waals surface area (Å²) >= 11 is 2.36. The number of aromatic amines is 1. The minimum absolute atomic E-state index is 0.192. The number of hydrogen-bond donors (Lipinski definition) is 1. The highest BCUT2D eigenvalue weighted by atomic mass is 32.2. The van der Waals surface area contributed by atoms with Gasteiger partial charge in [0.25, 0.3) is 0 Å². The molecule has 3 aromatic rings. The predicted octanol–water partition coefficient (Wildman–Crippen LogP) is 3.25. The maximum absolute atomic E-state index is 13.6. The van der Waals surface area contributed by atoms with E-state index in [0.717, 1.165) is 21.8 Å². The number of thioether (sulfide) groups is 1. The molecule has 0 spiro atoms. The first-order chi connectivity index (χ1) is 15.0. The molecule has 0 bridgehead atoms. The normalized spacial score (nSPS) is 22.3. The molecule has 1 N–H and O–H groups in total. The number of nitrogens with zero attached hydrogens (tertiary/aromatic N) is 1. The Morgan fingerprint density at radius 3 is 2.10 bits per heavy atom. The molecule has 31 heavy (non-hydrogen) atoms. The molecule has 0 unspecified atom stereocenters. The predicted molar refractivity (Wildman–Crippen MR) is 118 cm³/mol. The molecule has 0 aliphatic carbocycles. The number of thiazole rings is 1. The second kappa shape index (κ2) is 7.58. The van der Waals surface area contributed by atoms with Gasteiger partial charge in [-0.25, -0.2) is 4.90 Å². The fourth-order valence-electron chi connectivity index (χ4n) is 4.17. The number of methoxy groups -OCH3 is 2. The lowest BCUT2D eigenvalue weighted by Crippen LogP contribution is -2.32. The smallest absolute Gasteiger partial charge is 0.305 e. The molecule has 7 nitrogen and oxygen atoms in total. The molecule has 2 amide bonds. The highest BCUT2D eigenvalue weighted by molar-refractivity contribution is 8.00. The summed E-state index contributed by atoms with van der Waals surface area (Å²) in [5, 5.41) is 0.0502. The van der Waals surface area contributed by atoms with Gasteiger partial charge in [0.2, 0.25) is 11.8 Å². The summed E-state index contributed by atoms with van der Waals surface area (Å²) in [6.07, 6.45) is 0. The lowest BCUT2D eigenvalue weighted by Gasteiger charge is -2.29. The molecule has 9 heteroatoms. The second-order valence-electron chi connectivity index (χ2n) is 7.23. The van der Waals surface area contributed by atoms with Crippen LogP contribution >= 0.6 is 23.1 Å². The Morgan fingerprint density at radius 2 is 1.48 bits per heavy atom. The number of imide groups is 1. The van der Waals surface area contributed by atoms with Crippen LogP contribution in [0.5, 0.6) is 11.5 Å². The van der Waals surface area contributed by atoms with E-state index in [1.54, 1.807) is 38.5 Å². The zero-order chi connectivity index (χ0) is 21.7. The van der Waals surface area contributed by atoms with Gasteiger partial charge >= 0.3 is 4.87 Å². The van der Waals surface area contributed by atoms with Crippen LogP contribution in [0.1, 0.15) is 16.4 Å². The largest absolute Gasteiger partial charge is 0.497 e. The fraction of sp³-hybridized carbons (Fsp3) is 0.227. The van der Waals surface area contributed by atoms with E-state index in [2.05, 4.69) is 4.98 Å². The summed E-state index contributed by atoms with van der Waals surface area (Å²) in [6, 6.07) is 14.3. The monoisotopic (exact) mass is 454 g/mol. The van der Waals surface area contributed by atoms with Crippen molar-refractivity contribution in [2.24, 2.45) is 5.92 Å². The molecule has 2 aliphatic rings. The van der Waals surface area contributed by atoms with Crippen LogP contribution in [-0.4, -0.2) is 36.3 Å². The molecule has 2 aliphatic heterocycles. The van der Waals surface area contributed by atoms with Crippen molar-refractivity contribution >= 4 is 40.6 Å². The molecular formula is C22H18N2O5S2. The third-order valence-electron chi connectivity index (χ3n) is 5.63. The highest BCUT2D eigenvalue weighted by Gasteiger charge is 2.56. The van der Waals surface area contributed by atoms with Crippen molar-refractivity contribution in [3.8, 4) is 11.5 Å². The number of aromatic nitrogens is 1. The van der Waals surface area contributed by atoms with Gasteiger partial charge in [-0.15, -0.1) is 0 Å². The number of hydrogen-bond acceptors (Lipinski definition) is 7. The van der Waals surface area contributed by atoms with Crippen LogP contribution in [0, 0.1) is 5.92 Å². The summed E-state index contributed by atoms with van der Waals surface area (Å²) in [4.78, 5) is 43.7. The summed E-state index contributed by atoms with van der Waals surface area (Å²) in [5.74, 6) is -0.198. The lowest BCUT2D eigenvalue weighted by molar-refractivity contribution is -0.122. The van der Waals surface area contributed by atoms with Gasteiger partial charge in [0.1, 0.15) is 16.7 Å². The zero-order valence-electron chi connectivity index (χ0n) is 16.7. The number of carbonyl (C=O) groups excluding carboxylic acids is 2. The zero-order valence-corrected chi connectivity index (χ0v) is 18.3. The minimum atomic E-state index is -0.612. The number of rotatable bonds is 4.